The molecule has 0 aromatic heterocycles. The van der Waals surface area contributed by atoms with E-state index in [0.717, 1.165) is 12.8 Å². The summed E-state index contributed by atoms with van der Waals surface area (Å²) in [7, 11) is 0. The average Bonchev–Trinajstić information content (AvgIpc) is 2.99. The van der Waals surface area contributed by atoms with Crippen LogP contribution in [0.25, 0.3) is 5.57 Å². The van der Waals surface area contributed by atoms with E-state index in [4.69, 9.17) is 0 Å². The van der Waals surface area contributed by atoms with E-state index in [9.17, 15) is 0 Å². The molecule has 1 aromatic rings. The summed E-state index contributed by atoms with van der Waals surface area (Å²) in [4.78, 5) is 0. The summed E-state index contributed by atoms with van der Waals surface area (Å²) in [5.41, 5.74) is 8.67. The van der Waals surface area contributed by atoms with Gasteiger partial charge in [-0.25, -0.2) is 0 Å². The Labute approximate surface area is 154 Å². The summed E-state index contributed by atoms with van der Waals surface area (Å²) in [6, 6.07) is 8.76. The molecule has 0 heterocycles. The molecule has 0 saturated heterocycles. The molecular formula is C25H32. The van der Waals surface area contributed by atoms with E-state index in [-0.39, 0.29) is 0 Å². The zero-order chi connectivity index (χ0) is 18.2. The molecular weight excluding hydrogens is 300 g/mol. The summed E-state index contributed by atoms with van der Waals surface area (Å²) < 4.78 is 0. The van der Waals surface area contributed by atoms with Crippen molar-refractivity contribution in [2.75, 3.05) is 0 Å². The largest absolute Gasteiger partial charge is 0.103 e. The fraction of sp³-hybridized carbons (Fsp3) is 0.360. The van der Waals surface area contributed by atoms with Gasteiger partial charge in [0.05, 0.1) is 0 Å². The van der Waals surface area contributed by atoms with Crippen LogP contribution in [0.4, 0.5) is 0 Å². The van der Waals surface area contributed by atoms with Crippen LogP contribution in [0.2, 0.25) is 0 Å². The first-order valence-electron chi connectivity index (χ1n) is 9.56. The second kappa shape index (κ2) is 9.42. The Morgan fingerprint density at radius 3 is 2.60 bits per heavy atom. The molecule has 0 heteroatoms. The van der Waals surface area contributed by atoms with Crippen LogP contribution in [0.3, 0.4) is 0 Å². The Balaban J connectivity index is 2.52. The minimum atomic E-state index is 0.506. The molecule has 0 nitrogen and oxygen atoms in total. The Hall–Kier alpha value is -2.08. The summed E-state index contributed by atoms with van der Waals surface area (Å²) in [6.07, 6.45) is 15.7. The van der Waals surface area contributed by atoms with Crippen molar-refractivity contribution in [2.24, 2.45) is 5.92 Å². The molecule has 1 unspecified atom stereocenters. The van der Waals surface area contributed by atoms with Crippen LogP contribution in [-0.4, -0.2) is 0 Å². The van der Waals surface area contributed by atoms with Gasteiger partial charge in [-0.15, -0.1) is 6.58 Å². The molecule has 0 radical (unpaired) electrons. The lowest BCUT2D eigenvalue weighted by Crippen LogP contribution is -2.07. The Bertz CT molecular complexity index is 722. The molecule has 25 heavy (non-hydrogen) atoms. The van der Waals surface area contributed by atoms with Gasteiger partial charge in [0.2, 0.25) is 0 Å². The highest BCUT2D eigenvalue weighted by Gasteiger charge is 2.28. The van der Waals surface area contributed by atoms with E-state index in [1.807, 2.05) is 0 Å². The Morgan fingerprint density at radius 2 is 2.00 bits per heavy atom. The van der Waals surface area contributed by atoms with E-state index in [0.29, 0.717) is 5.92 Å². The zero-order valence-electron chi connectivity index (χ0n) is 16.3. The molecule has 0 amide bonds. The van der Waals surface area contributed by atoms with Gasteiger partial charge >= 0.3 is 0 Å². The van der Waals surface area contributed by atoms with E-state index < -0.39 is 0 Å². The van der Waals surface area contributed by atoms with Crippen LogP contribution in [0, 0.1) is 12.8 Å². The third-order valence-electron chi connectivity index (χ3n) is 5.11. The highest BCUT2D eigenvalue weighted by Crippen LogP contribution is 2.44. The molecule has 1 aliphatic rings. The fourth-order valence-electron chi connectivity index (χ4n) is 4.03. The standard InChI is InChI=1S/C25H32/c1-6-12-20-17-18-25(23(20)13-7-2)21(9-4)24(14-8-3)22-16-11-10-15-19(22)5/h6-7,9-12,14-16,25H,2,8,13,17-18H2,1,3-5H3/b12-6-,21-9+,24-14+. The van der Waals surface area contributed by atoms with E-state index in [1.165, 1.54) is 40.7 Å². The van der Waals surface area contributed by atoms with Crippen molar-refractivity contribution in [3.63, 3.8) is 0 Å². The van der Waals surface area contributed by atoms with Crippen molar-refractivity contribution in [2.45, 2.75) is 53.4 Å². The SMILES string of the molecule is C=CCC1=C(/C=C\C)CCC1C(=C/C)/C(=C\CC)c1ccccc1C. The quantitative estimate of drug-likeness (QED) is 0.356. The van der Waals surface area contributed by atoms with Gasteiger partial charge in [0.25, 0.3) is 0 Å². The predicted octanol–water partition coefficient (Wildman–Crippen LogP) is 7.59. The van der Waals surface area contributed by atoms with Gasteiger partial charge in [-0.1, -0.05) is 67.1 Å². The summed E-state index contributed by atoms with van der Waals surface area (Å²) in [5.74, 6) is 0.506. The maximum atomic E-state index is 4.00. The second-order valence-corrected chi connectivity index (χ2v) is 6.72. The molecule has 1 atom stereocenters. The van der Waals surface area contributed by atoms with Crippen molar-refractivity contribution in [1.29, 1.82) is 0 Å². The highest BCUT2D eigenvalue weighted by molar-refractivity contribution is 5.82. The molecule has 1 aromatic carbocycles. The second-order valence-electron chi connectivity index (χ2n) is 6.72. The van der Waals surface area contributed by atoms with Gasteiger partial charge in [-0.2, -0.15) is 0 Å². The molecule has 1 aliphatic carbocycles. The van der Waals surface area contributed by atoms with Crippen molar-refractivity contribution in [3.05, 3.63) is 89.1 Å². The molecule has 0 bridgehead atoms. The van der Waals surface area contributed by atoms with E-state index in [1.54, 1.807) is 5.57 Å². The van der Waals surface area contributed by atoms with Crippen LogP contribution in [0.1, 0.15) is 57.6 Å². The van der Waals surface area contributed by atoms with Crippen molar-refractivity contribution < 1.29 is 0 Å². The van der Waals surface area contributed by atoms with Crippen LogP contribution >= 0.6 is 0 Å². The molecule has 132 valence electrons. The minimum Gasteiger partial charge on any atom is -0.103 e. The molecule has 0 aliphatic heterocycles. The van der Waals surface area contributed by atoms with Crippen molar-refractivity contribution >= 4 is 5.57 Å². The predicted molar refractivity (Wildman–Crippen MR) is 113 cm³/mol. The van der Waals surface area contributed by atoms with Gasteiger partial charge in [0.15, 0.2) is 0 Å². The third kappa shape index (κ3) is 4.31. The topological polar surface area (TPSA) is 0 Å². The lowest BCUT2D eigenvalue weighted by molar-refractivity contribution is 0.703. The van der Waals surface area contributed by atoms with Crippen molar-refractivity contribution in [3.8, 4) is 0 Å². The number of benzene rings is 1. The smallest absolute Gasteiger partial charge is 0.00630 e. The van der Waals surface area contributed by atoms with Crippen LogP contribution in [0.5, 0.6) is 0 Å². The molecule has 0 spiro atoms. The van der Waals surface area contributed by atoms with Gasteiger partial charge < -0.3 is 0 Å². The van der Waals surface area contributed by atoms with Crippen LogP contribution in [0.15, 0.2) is 77.9 Å². The number of allylic oxidation sites excluding steroid dienone is 9. The average molecular weight is 333 g/mol. The molecule has 2 rings (SSSR count). The Kier molecular flexibility index (Phi) is 7.25. The first-order valence-corrected chi connectivity index (χ1v) is 9.56. The number of hydrogen-bond acceptors (Lipinski definition) is 0. The summed E-state index contributed by atoms with van der Waals surface area (Å²) >= 11 is 0. The minimum absolute atomic E-state index is 0.506. The third-order valence-corrected chi connectivity index (χ3v) is 5.11. The molecule has 0 fully saturated rings. The van der Waals surface area contributed by atoms with Crippen LogP contribution < -0.4 is 0 Å². The lowest BCUT2D eigenvalue weighted by atomic mass is 9.81. The first kappa shape index (κ1) is 19.2. The maximum absolute atomic E-state index is 4.00. The van der Waals surface area contributed by atoms with E-state index in [2.05, 4.69) is 88.9 Å². The molecule has 0 N–H and O–H groups in total. The highest BCUT2D eigenvalue weighted by atomic mass is 14.3. The Morgan fingerprint density at radius 1 is 1.24 bits per heavy atom. The maximum Gasteiger partial charge on any atom is 0.00630 e. The summed E-state index contributed by atoms with van der Waals surface area (Å²) in [5, 5.41) is 0. The van der Waals surface area contributed by atoms with Crippen LogP contribution in [-0.2, 0) is 0 Å². The van der Waals surface area contributed by atoms with E-state index >= 15 is 0 Å². The summed E-state index contributed by atoms with van der Waals surface area (Å²) in [6.45, 7) is 12.7. The van der Waals surface area contributed by atoms with Gasteiger partial charge in [0.1, 0.15) is 0 Å². The normalized spacial score (nSPS) is 19.1. The molecule has 0 saturated carbocycles. The van der Waals surface area contributed by atoms with Gasteiger partial charge in [-0.3, -0.25) is 0 Å². The lowest BCUT2D eigenvalue weighted by Gasteiger charge is -2.23. The zero-order valence-corrected chi connectivity index (χ0v) is 16.3. The first-order chi connectivity index (χ1) is 12.2. The van der Waals surface area contributed by atoms with Gasteiger partial charge in [-0.05, 0) is 74.3 Å². The van der Waals surface area contributed by atoms with Crippen molar-refractivity contribution in [1.82, 2.24) is 0 Å². The van der Waals surface area contributed by atoms with Gasteiger partial charge in [0, 0.05) is 5.92 Å². The monoisotopic (exact) mass is 332 g/mol. The fourth-order valence-corrected chi connectivity index (χ4v) is 4.03. The number of rotatable bonds is 7. The number of hydrogen-bond donors (Lipinski definition) is 0. The number of aryl methyl sites for hydroxylation is 1.